The van der Waals surface area contributed by atoms with Crippen molar-refractivity contribution in [3.63, 3.8) is 0 Å². The van der Waals surface area contributed by atoms with E-state index in [0.29, 0.717) is 6.61 Å². The predicted molar refractivity (Wildman–Crippen MR) is 60.1 cm³/mol. The summed E-state index contributed by atoms with van der Waals surface area (Å²) in [7, 11) is 0. The molecule has 1 N–H and O–H groups in total. The third kappa shape index (κ3) is 4.26. The molecule has 1 amide bonds. The van der Waals surface area contributed by atoms with E-state index < -0.39 is 0 Å². The number of halogens is 1. The van der Waals surface area contributed by atoms with Crippen LogP contribution in [0.5, 0.6) is 0 Å². The van der Waals surface area contributed by atoms with Gasteiger partial charge in [-0.3, -0.25) is 4.79 Å². The summed E-state index contributed by atoms with van der Waals surface area (Å²) in [4.78, 5) is 11.4. The second kappa shape index (κ2) is 6.59. The summed E-state index contributed by atoms with van der Waals surface area (Å²) in [5, 5.41) is 2.94. The van der Waals surface area contributed by atoms with E-state index in [0.717, 1.165) is 26.0 Å². The van der Waals surface area contributed by atoms with Gasteiger partial charge in [0.2, 0.25) is 5.91 Å². The monoisotopic (exact) mass is 297 g/mol. The molecule has 3 nitrogen and oxygen atoms in total. The van der Waals surface area contributed by atoms with Gasteiger partial charge in [-0.1, -0.05) is 22.6 Å². The van der Waals surface area contributed by atoms with E-state index in [4.69, 9.17) is 4.74 Å². The molecular formula is C9H16INO2. The smallest absolute Gasteiger partial charge is 0.225 e. The second-order valence-electron chi connectivity index (χ2n) is 3.25. The quantitative estimate of drug-likeness (QED) is 0.473. The van der Waals surface area contributed by atoms with Gasteiger partial charge in [0.05, 0.1) is 12.5 Å². The Kier molecular flexibility index (Phi) is 5.70. The van der Waals surface area contributed by atoms with Crippen molar-refractivity contribution in [2.24, 2.45) is 5.92 Å². The van der Waals surface area contributed by atoms with Gasteiger partial charge in [0.15, 0.2) is 0 Å². The lowest BCUT2D eigenvalue weighted by molar-refractivity contribution is -0.124. The van der Waals surface area contributed by atoms with Crippen LogP contribution in [0.15, 0.2) is 0 Å². The molecule has 0 aromatic carbocycles. The number of nitrogens with one attached hydrogen (secondary N) is 1. The van der Waals surface area contributed by atoms with Gasteiger partial charge in [-0.05, 0) is 23.7 Å². The fraction of sp³-hybridized carbons (Fsp3) is 0.889. The van der Waals surface area contributed by atoms with E-state index in [1.54, 1.807) is 0 Å². The maximum Gasteiger partial charge on any atom is 0.225 e. The van der Waals surface area contributed by atoms with Crippen LogP contribution in [-0.2, 0) is 9.53 Å². The van der Waals surface area contributed by atoms with Gasteiger partial charge in [0.25, 0.3) is 0 Å². The fourth-order valence-corrected chi connectivity index (χ4v) is 1.86. The van der Waals surface area contributed by atoms with Crippen molar-refractivity contribution in [2.75, 3.05) is 24.2 Å². The van der Waals surface area contributed by atoms with Crippen LogP contribution in [0.2, 0.25) is 0 Å². The number of carbonyl (C=O) groups is 1. The summed E-state index contributed by atoms with van der Waals surface area (Å²) in [5.74, 6) is 0.283. The number of unbranched alkanes of at least 4 members (excludes halogenated alkanes) is 1. The van der Waals surface area contributed by atoms with Gasteiger partial charge in [0.1, 0.15) is 0 Å². The SMILES string of the molecule is O=C(NCCCCI)C1CCOC1. The summed E-state index contributed by atoms with van der Waals surface area (Å²) < 4.78 is 6.31. The lowest BCUT2D eigenvalue weighted by Crippen LogP contribution is -2.31. The average Bonchev–Trinajstić information content (AvgIpc) is 2.65. The second-order valence-corrected chi connectivity index (χ2v) is 4.33. The van der Waals surface area contributed by atoms with Crippen molar-refractivity contribution in [2.45, 2.75) is 19.3 Å². The van der Waals surface area contributed by atoms with Crippen LogP contribution in [-0.4, -0.2) is 30.1 Å². The Labute approximate surface area is 92.7 Å². The molecule has 1 saturated heterocycles. The lowest BCUT2D eigenvalue weighted by atomic mass is 10.1. The maximum atomic E-state index is 11.4. The predicted octanol–water partition coefficient (Wildman–Crippen LogP) is 1.35. The van der Waals surface area contributed by atoms with E-state index >= 15 is 0 Å². The van der Waals surface area contributed by atoms with Gasteiger partial charge in [-0.15, -0.1) is 0 Å². The topological polar surface area (TPSA) is 38.3 Å². The van der Waals surface area contributed by atoms with Crippen molar-refractivity contribution in [3.8, 4) is 0 Å². The molecule has 0 aliphatic carbocycles. The molecule has 1 rings (SSSR count). The first kappa shape index (κ1) is 11.2. The molecule has 1 aliphatic heterocycles. The van der Waals surface area contributed by atoms with Crippen molar-refractivity contribution in [1.29, 1.82) is 0 Å². The highest BCUT2D eigenvalue weighted by atomic mass is 127. The summed E-state index contributed by atoms with van der Waals surface area (Å²) in [6.45, 7) is 2.17. The first-order valence-electron chi connectivity index (χ1n) is 4.76. The zero-order chi connectivity index (χ0) is 9.52. The highest BCUT2D eigenvalue weighted by Gasteiger charge is 2.22. The van der Waals surface area contributed by atoms with E-state index in [-0.39, 0.29) is 11.8 Å². The van der Waals surface area contributed by atoms with Crippen LogP contribution in [0.25, 0.3) is 0 Å². The van der Waals surface area contributed by atoms with Crippen LogP contribution in [0.4, 0.5) is 0 Å². The van der Waals surface area contributed by atoms with Crippen molar-refractivity contribution in [1.82, 2.24) is 5.32 Å². The molecule has 1 unspecified atom stereocenters. The first-order chi connectivity index (χ1) is 6.34. The molecule has 4 heteroatoms. The van der Waals surface area contributed by atoms with E-state index in [2.05, 4.69) is 27.9 Å². The minimum absolute atomic E-state index is 0.111. The van der Waals surface area contributed by atoms with Crippen LogP contribution < -0.4 is 5.32 Å². The van der Waals surface area contributed by atoms with Gasteiger partial charge in [-0.25, -0.2) is 0 Å². The molecular weight excluding hydrogens is 281 g/mol. The van der Waals surface area contributed by atoms with Gasteiger partial charge in [-0.2, -0.15) is 0 Å². The van der Waals surface area contributed by atoms with E-state index in [1.807, 2.05) is 0 Å². The molecule has 1 heterocycles. The Morgan fingerprint density at radius 3 is 3.00 bits per heavy atom. The zero-order valence-corrected chi connectivity index (χ0v) is 9.88. The lowest BCUT2D eigenvalue weighted by Gasteiger charge is -2.08. The van der Waals surface area contributed by atoms with Crippen molar-refractivity contribution < 1.29 is 9.53 Å². The van der Waals surface area contributed by atoms with Gasteiger partial charge in [0, 0.05) is 13.2 Å². The molecule has 13 heavy (non-hydrogen) atoms. The van der Waals surface area contributed by atoms with Crippen molar-refractivity contribution in [3.05, 3.63) is 0 Å². The zero-order valence-electron chi connectivity index (χ0n) is 7.72. The number of alkyl halides is 1. The molecule has 0 aromatic rings. The standard InChI is InChI=1S/C9H16INO2/c10-4-1-2-5-11-9(12)8-3-6-13-7-8/h8H,1-7H2,(H,11,12). The molecule has 1 fully saturated rings. The summed E-state index contributed by atoms with van der Waals surface area (Å²) in [5.41, 5.74) is 0. The van der Waals surface area contributed by atoms with Crippen molar-refractivity contribution >= 4 is 28.5 Å². The largest absolute Gasteiger partial charge is 0.381 e. The number of amides is 1. The third-order valence-electron chi connectivity index (χ3n) is 2.16. The molecule has 1 aliphatic rings. The number of rotatable bonds is 5. The number of hydrogen-bond acceptors (Lipinski definition) is 2. The minimum atomic E-state index is 0.111. The van der Waals surface area contributed by atoms with E-state index in [9.17, 15) is 4.79 Å². The fourth-order valence-electron chi connectivity index (χ4n) is 1.32. The first-order valence-corrected chi connectivity index (χ1v) is 6.28. The summed E-state index contributed by atoms with van der Waals surface area (Å²) in [6.07, 6.45) is 3.16. The minimum Gasteiger partial charge on any atom is -0.381 e. The Bertz CT molecular complexity index is 158. The van der Waals surface area contributed by atoms with Crippen LogP contribution in [0.3, 0.4) is 0 Å². The molecule has 0 aromatic heterocycles. The molecule has 1 atom stereocenters. The highest BCUT2D eigenvalue weighted by Crippen LogP contribution is 2.11. The Morgan fingerprint density at radius 2 is 2.38 bits per heavy atom. The maximum absolute atomic E-state index is 11.4. The Balaban J connectivity index is 2.03. The van der Waals surface area contributed by atoms with Crippen LogP contribution in [0, 0.1) is 5.92 Å². The van der Waals surface area contributed by atoms with Crippen LogP contribution >= 0.6 is 22.6 Å². The van der Waals surface area contributed by atoms with Crippen LogP contribution in [0.1, 0.15) is 19.3 Å². The Hall–Kier alpha value is 0.160. The summed E-state index contributed by atoms with van der Waals surface area (Å²) >= 11 is 2.35. The molecule has 0 bridgehead atoms. The average molecular weight is 297 g/mol. The number of ether oxygens (including phenoxy) is 1. The highest BCUT2D eigenvalue weighted by molar-refractivity contribution is 14.1. The van der Waals surface area contributed by atoms with E-state index in [1.165, 1.54) is 10.8 Å². The normalized spacial score (nSPS) is 21.8. The molecule has 0 saturated carbocycles. The van der Waals surface area contributed by atoms with Gasteiger partial charge < -0.3 is 10.1 Å². The molecule has 0 radical (unpaired) electrons. The number of carbonyl (C=O) groups excluding carboxylic acids is 1. The third-order valence-corrected chi connectivity index (χ3v) is 2.92. The van der Waals surface area contributed by atoms with Gasteiger partial charge >= 0.3 is 0 Å². The molecule has 0 spiro atoms. The molecule has 76 valence electrons. The number of hydrogen-bond donors (Lipinski definition) is 1. The summed E-state index contributed by atoms with van der Waals surface area (Å²) in [6, 6.07) is 0. The Morgan fingerprint density at radius 1 is 1.54 bits per heavy atom.